The molecule has 0 fully saturated rings. The molecule has 0 aliphatic heterocycles. The summed E-state index contributed by atoms with van der Waals surface area (Å²) in [7, 11) is 0. The topological polar surface area (TPSA) is 26.0 Å². The Balaban J connectivity index is 2.80. The monoisotopic (exact) mass is 269 g/mol. The zero-order chi connectivity index (χ0) is 15.1. The normalized spacial score (nSPS) is 20.9. The first-order valence-electron chi connectivity index (χ1n) is 7.23. The highest BCUT2D eigenvalue weighted by Crippen LogP contribution is 2.30. The van der Waals surface area contributed by atoms with Crippen LogP contribution in [0.25, 0.3) is 0 Å². The lowest BCUT2D eigenvalue weighted by molar-refractivity contribution is 0.731. The van der Waals surface area contributed by atoms with Gasteiger partial charge in [-0.2, -0.15) is 0 Å². The molecule has 0 amide bonds. The fraction of sp³-hybridized carbons (Fsp3) is 0.368. The maximum atomic E-state index is 5.80. The highest BCUT2D eigenvalue weighted by molar-refractivity contribution is 5.37. The fourth-order valence-corrected chi connectivity index (χ4v) is 2.31. The summed E-state index contributed by atoms with van der Waals surface area (Å²) >= 11 is 0. The minimum absolute atomic E-state index is 0.444. The average Bonchev–Trinajstić information content (AvgIpc) is 2.38. The van der Waals surface area contributed by atoms with Crippen LogP contribution in [-0.2, 0) is 0 Å². The van der Waals surface area contributed by atoms with Gasteiger partial charge >= 0.3 is 0 Å². The molecule has 1 atom stereocenters. The maximum absolute atomic E-state index is 5.80. The zero-order valence-electron chi connectivity index (χ0n) is 13.2. The highest BCUT2D eigenvalue weighted by Gasteiger charge is 2.14. The van der Waals surface area contributed by atoms with Crippen molar-refractivity contribution >= 4 is 0 Å². The second-order valence-corrected chi connectivity index (χ2v) is 5.57. The number of hydrogen-bond acceptors (Lipinski definition) is 1. The van der Waals surface area contributed by atoms with Crippen LogP contribution in [0.15, 0.2) is 71.0 Å². The van der Waals surface area contributed by atoms with Crippen LogP contribution in [-0.4, -0.2) is 0 Å². The smallest absolute Gasteiger partial charge is 0.00517 e. The number of allylic oxidation sites excluding steroid dienone is 11. The number of rotatable bonds is 5. The SMILES string of the molecule is C=C(CC(=C/C=C/C)/C=C(\C)N)C1C=C(C)C(C)=CC1. The van der Waals surface area contributed by atoms with Crippen LogP contribution in [0.2, 0.25) is 0 Å². The van der Waals surface area contributed by atoms with E-state index >= 15 is 0 Å². The van der Waals surface area contributed by atoms with Gasteiger partial charge < -0.3 is 5.73 Å². The molecular formula is C19H27N. The van der Waals surface area contributed by atoms with E-state index in [1.54, 1.807) is 0 Å². The molecule has 0 aromatic rings. The Hall–Kier alpha value is -1.76. The summed E-state index contributed by atoms with van der Waals surface area (Å²) in [5.41, 5.74) is 11.9. The van der Waals surface area contributed by atoms with Crippen molar-refractivity contribution in [1.82, 2.24) is 0 Å². The quantitative estimate of drug-likeness (QED) is 0.538. The van der Waals surface area contributed by atoms with Gasteiger partial charge in [-0.05, 0) is 52.2 Å². The van der Waals surface area contributed by atoms with Crippen LogP contribution in [0.1, 0.15) is 40.5 Å². The van der Waals surface area contributed by atoms with Gasteiger partial charge in [0.1, 0.15) is 0 Å². The summed E-state index contributed by atoms with van der Waals surface area (Å²) in [4.78, 5) is 0. The van der Waals surface area contributed by atoms with E-state index < -0.39 is 0 Å². The Bertz CT molecular complexity index is 506. The average molecular weight is 269 g/mol. The van der Waals surface area contributed by atoms with Crippen molar-refractivity contribution in [2.45, 2.75) is 40.5 Å². The molecule has 1 rings (SSSR count). The third kappa shape index (κ3) is 5.08. The Morgan fingerprint density at radius 2 is 2.10 bits per heavy atom. The lowest BCUT2D eigenvalue weighted by Crippen LogP contribution is -2.06. The molecule has 0 heterocycles. The van der Waals surface area contributed by atoms with Crippen molar-refractivity contribution in [3.8, 4) is 0 Å². The van der Waals surface area contributed by atoms with Crippen molar-refractivity contribution in [3.63, 3.8) is 0 Å². The van der Waals surface area contributed by atoms with Crippen LogP contribution in [0.3, 0.4) is 0 Å². The molecule has 0 saturated carbocycles. The van der Waals surface area contributed by atoms with Crippen molar-refractivity contribution in [1.29, 1.82) is 0 Å². The van der Waals surface area contributed by atoms with Crippen molar-refractivity contribution in [2.75, 3.05) is 0 Å². The molecule has 0 radical (unpaired) electrons. The second kappa shape index (κ2) is 7.74. The Morgan fingerprint density at radius 1 is 1.40 bits per heavy atom. The van der Waals surface area contributed by atoms with Crippen molar-refractivity contribution in [2.24, 2.45) is 11.7 Å². The molecule has 1 unspecified atom stereocenters. The maximum Gasteiger partial charge on any atom is 0.00517 e. The molecule has 1 nitrogen and oxygen atoms in total. The molecule has 2 N–H and O–H groups in total. The van der Waals surface area contributed by atoms with Gasteiger partial charge in [0.25, 0.3) is 0 Å². The minimum atomic E-state index is 0.444. The molecule has 0 saturated heterocycles. The fourth-order valence-electron chi connectivity index (χ4n) is 2.31. The lowest BCUT2D eigenvalue weighted by atomic mass is 9.85. The zero-order valence-corrected chi connectivity index (χ0v) is 13.2. The summed E-state index contributed by atoms with van der Waals surface area (Å²) in [6.45, 7) is 12.6. The number of hydrogen-bond donors (Lipinski definition) is 1. The van der Waals surface area contributed by atoms with Crippen LogP contribution < -0.4 is 5.73 Å². The van der Waals surface area contributed by atoms with Gasteiger partial charge in [0.05, 0.1) is 0 Å². The minimum Gasteiger partial charge on any atom is -0.402 e. The summed E-state index contributed by atoms with van der Waals surface area (Å²) < 4.78 is 0. The predicted molar refractivity (Wildman–Crippen MR) is 90.2 cm³/mol. The van der Waals surface area contributed by atoms with Gasteiger partial charge in [0, 0.05) is 11.6 Å². The van der Waals surface area contributed by atoms with Gasteiger partial charge in [0.2, 0.25) is 0 Å². The molecule has 1 aliphatic rings. The van der Waals surface area contributed by atoms with Crippen LogP contribution in [0.5, 0.6) is 0 Å². The second-order valence-electron chi connectivity index (χ2n) is 5.57. The van der Waals surface area contributed by atoms with E-state index in [1.165, 1.54) is 22.3 Å². The van der Waals surface area contributed by atoms with E-state index in [9.17, 15) is 0 Å². The summed E-state index contributed by atoms with van der Waals surface area (Å²) in [5, 5.41) is 0. The molecule has 108 valence electrons. The Labute approximate surface area is 124 Å². The summed E-state index contributed by atoms with van der Waals surface area (Å²) in [6.07, 6.45) is 14.8. The largest absolute Gasteiger partial charge is 0.402 e. The molecular weight excluding hydrogens is 242 g/mol. The van der Waals surface area contributed by atoms with Crippen molar-refractivity contribution in [3.05, 3.63) is 71.0 Å². The third-order valence-corrected chi connectivity index (χ3v) is 3.62. The lowest BCUT2D eigenvalue weighted by Gasteiger charge is -2.21. The van der Waals surface area contributed by atoms with E-state index in [4.69, 9.17) is 5.73 Å². The van der Waals surface area contributed by atoms with Crippen LogP contribution in [0, 0.1) is 5.92 Å². The van der Waals surface area contributed by atoms with Crippen LogP contribution >= 0.6 is 0 Å². The van der Waals surface area contributed by atoms with E-state index in [-0.39, 0.29) is 0 Å². The molecule has 0 aromatic heterocycles. The Morgan fingerprint density at radius 3 is 2.65 bits per heavy atom. The van der Waals surface area contributed by atoms with Gasteiger partial charge in [0.15, 0.2) is 0 Å². The van der Waals surface area contributed by atoms with Crippen molar-refractivity contribution < 1.29 is 0 Å². The summed E-state index contributed by atoms with van der Waals surface area (Å²) in [5.74, 6) is 0.444. The number of nitrogens with two attached hydrogens (primary N) is 1. The standard InChI is InChI=1S/C19H27N/c1-6-7-8-18(13-17(5)20)11-16(4)19-10-9-14(2)15(3)12-19/h6-9,12-13,19H,4,10-11,20H2,1-3,5H3/b7-6+,17-13+,18-8-. The molecule has 0 bridgehead atoms. The van der Waals surface area contributed by atoms with E-state index in [1.807, 2.05) is 32.1 Å². The van der Waals surface area contributed by atoms with Gasteiger partial charge in [-0.3, -0.25) is 0 Å². The summed E-state index contributed by atoms with van der Waals surface area (Å²) in [6, 6.07) is 0. The first-order chi connectivity index (χ1) is 9.43. The Kier molecular flexibility index (Phi) is 6.30. The van der Waals surface area contributed by atoms with E-state index in [0.29, 0.717) is 5.92 Å². The van der Waals surface area contributed by atoms with E-state index in [2.05, 4.69) is 38.7 Å². The van der Waals surface area contributed by atoms with Gasteiger partial charge in [-0.25, -0.2) is 0 Å². The van der Waals surface area contributed by atoms with Gasteiger partial charge in [-0.15, -0.1) is 0 Å². The third-order valence-electron chi connectivity index (χ3n) is 3.62. The molecule has 0 aromatic carbocycles. The molecule has 1 heteroatoms. The van der Waals surface area contributed by atoms with Gasteiger partial charge in [-0.1, -0.05) is 53.7 Å². The van der Waals surface area contributed by atoms with Crippen LogP contribution in [0.4, 0.5) is 0 Å². The predicted octanol–water partition coefficient (Wildman–Crippen LogP) is 5.21. The molecule has 1 aliphatic carbocycles. The van der Waals surface area contributed by atoms with E-state index in [0.717, 1.165) is 18.5 Å². The highest BCUT2D eigenvalue weighted by atomic mass is 14.5. The first-order valence-corrected chi connectivity index (χ1v) is 7.23. The first kappa shape index (κ1) is 16.3. The molecule has 0 spiro atoms. The molecule has 20 heavy (non-hydrogen) atoms.